The van der Waals surface area contributed by atoms with Crippen LogP contribution in [-0.2, 0) is 13.1 Å². The van der Waals surface area contributed by atoms with Gasteiger partial charge < -0.3 is 9.13 Å². The molecule has 4 rings (SSSR count). The number of hydrogen-bond donors (Lipinski definition) is 0. The smallest absolute Gasteiger partial charge is 0.160 e. The lowest BCUT2D eigenvalue weighted by Gasteiger charge is -2.10. The fourth-order valence-electron chi connectivity index (χ4n) is 3.06. The largest absolute Gasteiger partial charge is 0.323 e. The molecule has 5 nitrogen and oxygen atoms in total. The van der Waals surface area contributed by atoms with E-state index in [-0.39, 0.29) is 0 Å². The van der Waals surface area contributed by atoms with Crippen LogP contribution in [0, 0.1) is 0 Å². The lowest BCUT2D eigenvalue weighted by atomic mass is 10.2. The zero-order valence-electron chi connectivity index (χ0n) is 13.9. The fourth-order valence-corrected chi connectivity index (χ4v) is 3.25. The van der Waals surface area contributed by atoms with Crippen molar-refractivity contribution in [2.45, 2.75) is 26.4 Å². The van der Waals surface area contributed by atoms with Crippen molar-refractivity contribution >= 4 is 22.8 Å². The Labute approximate surface area is 150 Å². The number of benzene rings is 1. The van der Waals surface area contributed by atoms with E-state index in [4.69, 9.17) is 16.6 Å². The summed E-state index contributed by atoms with van der Waals surface area (Å²) in [5.41, 5.74) is 2.85. The predicted octanol–water partition coefficient (Wildman–Crippen LogP) is 4.41. The molecule has 0 aliphatic carbocycles. The van der Waals surface area contributed by atoms with Gasteiger partial charge in [-0.2, -0.15) is 0 Å². The molecule has 6 heteroatoms. The molecular weight excluding hydrogens is 334 g/mol. The molecule has 0 fully saturated rings. The van der Waals surface area contributed by atoms with E-state index in [9.17, 15) is 0 Å². The van der Waals surface area contributed by atoms with E-state index in [1.165, 1.54) is 0 Å². The van der Waals surface area contributed by atoms with Gasteiger partial charge in [0.15, 0.2) is 5.65 Å². The zero-order chi connectivity index (χ0) is 17.2. The van der Waals surface area contributed by atoms with Gasteiger partial charge in [0.05, 0.1) is 6.54 Å². The topological polar surface area (TPSA) is 48.5 Å². The molecule has 0 radical (unpaired) electrons. The van der Waals surface area contributed by atoms with E-state index >= 15 is 0 Å². The number of aromatic nitrogens is 5. The molecule has 0 bridgehead atoms. The summed E-state index contributed by atoms with van der Waals surface area (Å²) >= 11 is 6.13. The quantitative estimate of drug-likeness (QED) is 0.535. The lowest BCUT2D eigenvalue weighted by Crippen LogP contribution is -2.09. The second-order valence-corrected chi connectivity index (χ2v) is 6.35. The summed E-state index contributed by atoms with van der Waals surface area (Å²) in [7, 11) is 0. The van der Waals surface area contributed by atoms with E-state index in [0.717, 1.165) is 41.3 Å². The normalized spacial score (nSPS) is 11.3. The monoisotopic (exact) mass is 351 g/mol. The molecule has 4 aromatic rings. The van der Waals surface area contributed by atoms with Gasteiger partial charge >= 0.3 is 0 Å². The summed E-state index contributed by atoms with van der Waals surface area (Å²) in [6, 6.07) is 11.7. The fraction of sp³-hybridized carbons (Fsp3) is 0.211. The van der Waals surface area contributed by atoms with Crippen molar-refractivity contribution in [1.29, 1.82) is 0 Å². The Kier molecular flexibility index (Phi) is 4.24. The average molecular weight is 352 g/mol. The molecule has 0 aliphatic heterocycles. The minimum absolute atomic E-state index is 0.637. The first-order valence-corrected chi connectivity index (χ1v) is 8.71. The Hall–Kier alpha value is -2.66. The van der Waals surface area contributed by atoms with Gasteiger partial charge in [-0.05, 0) is 30.7 Å². The van der Waals surface area contributed by atoms with Crippen LogP contribution in [0.3, 0.4) is 0 Å². The predicted molar refractivity (Wildman–Crippen MR) is 99.6 cm³/mol. The molecule has 25 heavy (non-hydrogen) atoms. The highest BCUT2D eigenvalue weighted by Crippen LogP contribution is 2.23. The molecule has 0 saturated carbocycles. The van der Waals surface area contributed by atoms with Gasteiger partial charge in [0, 0.05) is 35.7 Å². The van der Waals surface area contributed by atoms with E-state index in [2.05, 4.69) is 26.0 Å². The maximum Gasteiger partial charge on any atom is 0.160 e. The molecule has 0 saturated heterocycles. The molecule has 0 N–H and O–H groups in total. The first-order chi connectivity index (χ1) is 12.3. The van der Waals surface area contributed by atoms with Gasteiger partial charge in [0.1, 0.15) is 17.2 Å². The van der Waals surface area contributed by atoms with Crippen LogP contribution in [0.15, 0.2) is 55.0 Å². The van der Waals surface area contributed by atoms with Crippen molar-refractivity contribution in [2.24, 2.45) is 0 Å². The van der Waals surface area contributed by atoms with E-state index in [1.54, 1.807) is 6.20 Å². The Morgan fingerprint density at radius 1 is 1.08 bits per heavy atom. The SMILES string of the molecule is CCCn1c(Cn2ccnc2-c2cccc(Cl)c2)nc2cccnc21. The van der Waals surface area contributed by atoms with Gasteiger partial charge in [-0.15, -0.1) is 0 Å². The van der Waals surface area contributed by atoms with Crippen molar-refractivity contribution in [3.8, 4) is 11.4 Å². The number of rotatable bonds is 5. The number of halogens is 1. The molecule has 126 valence electrons. The highest BCUT2D eigenvalue weighted by molar-refractivity contribution is 6.30. The van der Waals surface area contributed by atoms with Gasteiger partial charge in [-0.25, -0.2) is 15.0 Å². The maximum atomic E-state index is 6.13. The molecule has 0 amide bonds. The molecule has 3 heterocycles. The number of fused-ring (bicyclic) bond motifs is 1. The standard InChI is InChI=1S/C19H18ClN5/c1-2-10-25-17(23-16-7-4-8-21-19(16)25)13-24-11-9-22-18(24)14-5-3-6-15(20)12-14/h3-9,11-12H,2,10,13H2,1H3. The van der Waals surface area contributed by atoms with Crippen LogP contribution in [-0.4, -0.2) is 24.1 Å². The number of aryl methyl sites for hydroxylation is 1. The summed E-state index contributed by atoms with van der Waals surface area (Å²) in [4.78, 5) is 13.8. The van der Waals surface area contributed by atoms with Crippen molar-refractivity contribution in [2.75, 3.05) is 0 Å². The lowest BCUT2D eigenvalue weighted by molar-refractivity contribution is 0.623. The highest BCUT2D eigenvalue weighted by atomic mass is 35.5. The summed E-state index contributed by atoms with van der Waals surface area (Å²) in [5.74, 6) is 1.86. The van der Waals surface area contributed by atoms with Gasteiger partial charge in [0.2, 0.25) is 0 Å². The second-order valence-electron chi connectivity index (χ2n) is 5.91. The van der Waals surface area contributed by atoms with Crippen molar-refractivity contribution < 1.29 is 0 Å². The van der Waals surface area contributed by atoms with Crippen LogP contribution in [0.25, 0.3) is 22.6 Å². The molecule has 1 aromatic carbocycles. The van der Waals surface area contributed by atoms with Crippen molar-refractivity contribution in [1.82, 2.24) is 24.1 Å². The number of pyridine rings is 1. The Bertz CT molecular complexity index is 1020. The summed E-state index contributed by atoms with van der Waals surface area (Å²) in [6.45, 7) is 3.69. The molecular formula is C19H18ClN5. The van der Waals surface area contributed by atoms with Crippen LogP contribution in [0.1, 0.15) is 19.2 Å². The first kappa shape index (κ1) is 15.8. The molecule has 3 aromatic heterocycles. The van der Waals surface area contributed by atoms with E-state index in [1.807, 2.05) is 48.8 Å². The van der Waals surface area contributed by atoms with Crippen LogP contribution >= 0.6 is 11.6 Å². The second kappa shape index (κ2) is 6.69. The zero-order valence-corrected chi connectivity index (χ0v) is 14.7. The van der Waals surface area contributed by atoms with E-state index in [0.29, 0.717) is 11.6 Å². The Morgan fingerprint density at radius 2 is 2.00 bits per heavy atom. The van der Waals surface area contributed by atoms with Crippen LogP contribution < -0.4 is 0 Å². The summed E-state index contributed by atoms with van der Waals surface area (Å²) < 4.78 is 4.29. The van der Waals surface area contributed by atoms with Crippen molar-refractivity contribution in [3.05, 3.63) is 65.8 Å². The van der Waals surface area contributed by atoms with Crippen LogP contribution in [0.4, 0.5) is 0 Å². The molecule has 0 unspecified atom stereocenters. The number of nitrogens with zero attached hydrogens (tertiary/aromatic N) is 5. The summed E-state index contributed by atoms with van der Waals surface area (Å²) in [6.07, 6.45) is 6.62. The minimum Gasteiger partial charge on any atom is -0.323 e. The third kappa shape index (κ3) is 3.03. The number of imidazole rings is 2. The van der Waals surface area contributed by atoms with E-state index < -0.39 is 0 Å². The molecule has 0 aliphatic rings. The third-order valence-electron chi connectivity index (χ3n) is 4.14. The molecule has 0 spiro atoms. The molecule has 0 atom stereocenters. The Morgan fingerprint density at radius 3 is 2.84 bits per heavy atom. The minimum atomic E-state index is 0.637. The highest BCUT2D eigenvalue weighted by Gasteiger charge is 2.14. The van der Waals surface area contributed by atoms with Gasteiger partial charge in [-0.1, -0.05) is 30.7 Å². The summed E-state index contributed by atoms with van der Waals surface area (Å²) in [5, 5.41) is 0.703. The van der Waals surface area contributed by atoms with Gasteiger partial charge in [-0.3, -0.25) is 0 Å². The van der Waals surface area contributed by atoms with Gasteiger partial charge in [0.25, 0.3) is 0 Å². The van der Waals surface area contributed by atoms with Crippen LogP contribution in [0.2, 0.25) is 5.02 Å². The van der Waals surface area contributed by atoms with Crippen molar-refractivity contribution in [3.63, 3.8) is 0 Å². The Balaban J connectivity index is 1.76. The van der Waals surface area contributed by atoms with Crippen LogP contribution in [0.5, 0.6) is 0 Å². The first-order valence-electron chi connectivity index (χ1n) is 8.33. The third-order valence-corrected chi connectivity index (χ3v) is 4.38. The average Bonchev–Trinajstić information content (AvgIpc) is 3.21. The number of hydrogen-bond acceptors (Lipinski definition) is 3. The maximum absolute atomic E-state index is 6.13.